The molecule has 2 aliphatic heterocycles. The quantitative estimate of drug-likeness (QED) is 0.849. The first kappa shape index (κ1) is 19.6. The van der Waals surface area contributed by atoms with Crippen LogP contribution in [0.1, 0.15) is 18.1 Å². The van der Waals surface area contributed by atoms with Crippen LogP contribution in [-0.2, 0) is 17.4 Å². The average Bonchev–Trinajstić information content (AvgIpc) is 2.72. The van der Waals surface area contributed by atoms with Crippen LogP contribution in [0, 0.1) is 5.92 Å². The minimum atomic E-state index is -4.39. The van der Waals surface area contributed by atoms with Crippen molar-refractivity contribution < 1.29 is 18.0 Å². The fourth-order valence-electron chi connectivity index (χ4n) is 4.48. The second kappa shape index (κ2) is 7.61. The van der Waals surface area contributed by atoms with Gasteiger partial charge < -0.3 is 15.1 Å². The van der Waals surface area contributed by atoms with E-state index in [-0.39, 0.29) is 11.9 Å². The van der Waals surface area contributed by atoms with Crippen molar-refractivity contribution in [1.82, 2.24) is 5.32 Å². The summed E-state index contributed by atoms with van der Waals surface area (Å²) in [6.45, 7) is 4.43. The third-order valence-corrected chi connectivity index (χ3v) is 5.85. The first-order valence-electron chi connectivity index (χ1n) is 9.93. The molecule has 0 unspecified atom stereocenters. The Morgan fingerprint density at radius 2 is 1.90 bits per heavy atom. The summed E-state index contributed by atoms with van der Waals surface area (Å²) in [6.07, 6.45) is -4.08. The maximum atomic E-state index is 13.2. The minimum absolute atomic E-state index is 0.0836. The lowest BCUT2D eigenvalue weighted by atomic mass is 9.82. The summed E-state index contributed by atoms with van der Waals surface area (Å²) in [6, 6.07) is 13.9. The lowest BCUT2D eigenvalue weighted by Crippen LogP contribution is -2.61. The van der Waals surface area contributed by atoms with Crippen LogP contribution in [0.5, 0.6) is 0 Å². The van der Waals surface area contributed by atoms with Crippen molar-refractivity contribution in [2.75, 3.05) is 36.0 Å². The highest BCUT2D eigenvalue weighted by Crippen LogP contribution is 2.40. The fraction of sp³-hybridized carbons (Fsp3) is 0.409. The molecule has 1 amide bonds. The molecule has 0 aromatic heterocycles. The average molecular weight is 403 g/mol. The van der Waals surface area contributed by atoms with Crippen molar-refractivity contribution in [3.05, 3.63) is 59.7 Å². The Morgan fingerprint density at radius 1 is 1.14 bits per heavy atom. The zero-order valence-electron chi connectivity index (χ0n) is 16.2. The van der Waals surface area contributed by atoms with Crippen LogP contribution in [0.15, 0.2) is 48.5 Å². The molecule has 0 saturated carbocycles. The molecule has 1 fully saturated rings. The van der Waals surface area contributed by atoms with Gasteiger partial charge in [-0.3, -0.25) is 4.79 Å². The third kappa shape index (κ3) is 3.78. The number of nitrogens with one attached hydrogen (secondary N) is 1. The summed E-state index contributed by atoms with van der Waals surface area (Å²) < 4.78 is 39.6. The van der Waals surface area contributed by atoms with E-state index < -0.39 is 17.7 Å². The van der Waals surface area contributed by atoms with Gasteiger partial charge in [0.2, 0.25) is 5.91 Å². The minimum Gasteiger partial charge on any atom is -0.368 e. The van der Waals surface area contributed by atoms with E-state index in [4.69, 9.17) is 0 Å². The molecule has 0 aliphatic carbocycles. The molecule has 2 atom stereocenters. The number of nitrogens with zero attached hydrogens (tertiary/aromatic N) is 2. The van der Waals surface area contributed by atoms with Crippen LogP contribution in [0.4, 0.5) is 24.5 Å². The Bertz CT molecular complexity index is 885. The van der Waals surface area contributed by atoms with E-state index in [0.29, 0.717) is 31.6 Å². The summed E-state index contributed by atoms with van der Waals surface area (Å²) in [4.78, 5) is 17.2. The van der Waals surface area contributed by atoms with Crippen molar-refractivity contribution >= 4 is 17.3 Å². The molecule has 4 nitrogen and oxygen atoms in total. The van der Waals surface area contributed by atoms with Crippen molar-refractivity contribution in [1.29, 1.82) is 0 Å². The molecule has 2 aliphatic rings. The van der Waals surface area contributed by atoms with Gasteiger partial charge in [0.25, 0.3) is 0 Å². The summed E-state index contributed by atoms with van der Waals surface area (Å²) in [5.74, 6) is -0.488. The van der Waals surface area contributed by atoms with E-state index in [0.717, 1.165) is 24.0 Å². The number of rotatable bonds is 3. The molecule has 4 rings (SSSR count). The van der Waals surface area contributed by atoms with Crippen LogP contribution in [0.2, 0.25) is 0 Å². The molecule has 2 aromatic rings. The highest BCUT2D eigenvalue weighted by molar-refractivity contribution is 5.82. The summed E-state index contributed by atoms with van der Waals surface area (Å²) in [5.41, 5.74) is 1.85. The van der Waals surface area contributed by atoms with Crippen LogP contribution < -0.4 is 15.1 Å². The zero-order chi connectivity index (χ0) is 20.6. The predicted octanol–water partition coefficient (Wildman–Crippen LogP) is 3.71. The molecule has 2 heterocycles. The van der Waals surface area contributed by atoms with Gasteiger partial charge in [0.15, 0.2) is 0 Å². The summed E-state index contributed by atoms with van der Waals surface area (Å²) >= 11 is 0. The van der Waals surface area contributed by atoms with E-state index in [1.807, 2.05) is 37.3 Å². The van der Waals surface area contributed by atoms with Gasteiger partial charge in [-0.25, -0.2) is 0 Å². The zero-order valence-corrected chi connectivity index (χ0v) is 16.2. The number of hydrogen-bond donors (Lipinski definition) is 1. The van der Waals surface area contributed by atoms with E-state index in [1.165, 1.54) is 6.07 Å². The van der Waals surface area contributed by atoms with Gasteiger partial charge in [0.05, 0.1) is 17.5 Å². The van der Waals surface area contributed by atoms with Crippen LogP contribution in [-0.4, -0.2) is 38.1 Å². The smallest absolute Gasteiger partial charge is 0.368 e. The standard InChI is InChI=1S/C22H24F3N3O/c1-2-26-21(29)18-13-15-12-16(22(23,24)25)8-9-19(15)28-11-10-27(14-20(18)28)17-6-4-3-5-7-17/h3-9,12,18,20H,2,10-11,13-14H2,1H3,(H,26,29)/t18-,20+/m1/s1. The number of para-hydroxylation sites is 1. The van der Waals surface area contributed by atoms with E-state index in [2.05, 4.69) is 15.1 Å². The second-order valence-corrected chi connectivity index (χ2v) is 7.59. The first-order valence-corrected chi connectivity index (χ1v) is 9.93. The number of fused-ring (bicyclic) bond motifs is 3. The number of benzene rings is 2. The van der Waals surface area contributed by atoms with Gasteiger partial charge in [-0.05, 0) is 49.2 Å². The number of halogens is 3. The Labute approximate surface area is 168 Å². The van der Waals surface area contributed by atoms with Crippen molar-refractivity contribution in [3.8, 4) is 0 Å². The Kier molecular flexibility index (Phi) is 5.15. The number of amides is 1. The molecule has 7 heteroatoms. The Hall–Kier alpha value is -2.70. The normalized spacial score (nSPS) is 21.4. The first-order chi connectivity index (χ1) is 13.9. The maximum Gasteiger partial charge on any atom is 0.416 e. The molecule has 0 radical (unpaired) electrons. The monoisotopic (exact) mass is 403 g/mol. The molecule has 1 N–H and O–H groups in total. The number of carbonyl (C=O) groups excluding carboxylic acids is 1. The number of alkyl halides is 3. The molecule has 1 saturated heterocycles. The lowest BCUT2D eigenvalue weighted by Gasteiger charge is -2.49. The summed E-state index contributed by atoms with van der Waals surface area (Å²) in [5, 5.41) is 2.87. The van der Waals surface area contributed by atoms with Gasteiger partial charge in [-0.15, -0.1) is 0 Å². The van der Waals surface area contributed by atoms with E-state index >= 15 is 0 Å². The molecule has 0 spiro atoms. The molecule has 2 aromatic carbocycles. The van der Waals surface area contributed by atoms with Gasteiger partial charge >= 0.3 is 6.18 Å². The molecular formula is C22H24F3N3O. The summed E-state index contributed by atoms with van der Waals surface area (Å²) in [7, 11) is 0. The van der Waals surface area contributed by atoms with Crippen molar-refractivity contribution in [3.63, 3.8) is 0 Å². The van der Waals surface area contributed by atoms with Crippen LogP contribution in [0.25, 0.3) is 0 Å². The van der Waals surface area contributed by atoms with Crippen molar-refractivity contribution in [2.24, 2.45) is 5.92 Å². The van der Waals surface area contributed by atoms with Crippen LogP contribution >= 0.6 is 0 Å². The molecule has 154 valence electrons. The molecule has 29 heavy (non-hydrogen) atoms. The topological polar surface area (TPSA) is 35.6 Å². The maximum absolute atomic E-state index is 13.2. The highest BCUT2D eigenvalue weighted by Gasteiger charge is 2.42. The largest absolute Gasteiger partial charge is 0.416 e. The number of anilines is 2. The SMILES string of the molecule is CCNC(=O)[C@@H]1Cc2cc(C(F)(F)F)ccc2N2CCN(c3ccccc3)C[C@@H]12. The molecular weight excluding hydrogens is 379 g/mol. The second-order valence-electron chi connectivity index (χ2n) is 7.59. The third-order valence-electron chi connectivity index (χ3n) is 5.85. The lowest BCUT2D eigenvalue weighted by molar-refractivity contribution is -0.137. The van der Waals surface area contributed by atoms with E-state index in [1.54, 1.807) is 6.07 Å². The Balaban J connectivity index is 1.69. The van der Waals surface area contributed by atoms with Crippen LogP contribution in [0.3, 0.4) is 0 Å². The van der Waals surface area contributed by atoms with Gasteiger partial charge in [-0.1, -0.05) is 18.2 Å². The predicted molar refractivity (Wildman–Crippen MR) is 107 cm³/mol. The van der Waals surface area contributed by atoms with Gasteiger partial charge in [-0.2, -0.15) is 13.2 Å². The Morgan fingerprint density at radius 3 is 2.59 bits per heavy atom. The number of piperazine rings is 1. The van der Waals surface area contributed by atoms with Crippen molar-refractivity contribution in [2.45, 2.75) is 25.6 Å². The fourth-order valence-corrected chi connectivity index (χ4v) is 4.48. The van der Waals surface area contributed by atoms with Gasteiger partial charge in [0, 0.05) is 37.6 Å². The van der Waals surface area contributed by atoms with Gasteiger partial charge in [0.1, 0.15) is 0 Å². The van der Waals surface area contributed by atoms with E-state index in [9.17, 15) is 18.0 Å². The molecule has 0 bridgehead atoms. The highest BCUT2D eigenvalue weighted by atomic mass is 19.4. The number of hydrogen-bond acceptors (Lipinski definition) is 3. The number of carbonyl (C=O) groups is 1.